The first-order chi connectivity index (χ1) is 10.6. The fourth-order valence-electron chi connectivity index (χ4n) is 1.47. The van der Waals surface area contributed by atoms with Gasteiger partial charge in [0.1, 0.15) is 0 Å². The minimum absolute atomic E-state index is 0.0130. The number of imide groups is 1. The zero-order chi connectivity index (χ0) is 15.9. The molecule has 3 amide bonds. The van der Waals surface area contributed by atoms with Crippen LogP contribution in [0.4, 0.5) is 4.79 Å². The zero-order valence-corrected chi connectivity index (χ0v) is 14.0. The fraction of sp³-hybridized carbons (Fsp3) is 0.231. The van der Waals surface area contributed by atoms with Crippen LogP contribution in [0.15, 0.2) is 38.4 Å². The maximum absolute atomic E-state index is 11.5. The van der Waals surface area contributed by atoms with Gasteiger partial charge in [0.2, 0.25) is 11.8 Å². The van der Waals surface area contributed by atoms with E-state index in [0.29, 0.717) is 12.4 Å². The second-order valence-electron chi connectivity index (χ2n) is 4.08. The maximum atomic E-state index is 11.5. The molecular formula is C13H13BrN4O3S. The number of nitrogens with one attached hydrogen (secondary N) is 2. The number of amides is 3. The molecule has 0 saturated carbocycles. The lowest BCUT2D eigenvalue weighted by molar-refractivity contribution is -0.117. The Morgan fingerprint density at radius 3 is 2.68 bits per heavy atom. The summed E-state index contributed by atoms with van der Waals surface area (Å²) in [5.41, 5.74) is 0.786. The van der Waals surface area contributed by atoms with Crippen LogP contribution in [0.3, 0.4) is 0 Å². The summed E-state index contributed by atoms with van der Waals surface area (Å²) in [7, 11) is 0. The number of halogens is 1. The topological polar surface area (TPSA) is 97.1 Å². The number of aromatic nitrogens is 2. The molecule has 2 N–H and O–H groups in total. The van der Waals surface area contributed by atoms with Crippen LogP contribution in [0, 0.1) is 0 Å². The molecule has 0 radical (unpaired) electrons. The summed E-state index contributed by atoms with van der Waals surface area (Å²) in [6.07, 6.45) is 0. The van der Waals surface area contributed by atoms with Crippen LogP contribution in [-0.4, -0.2) is 34.4 Å². The van der Waals surface area contributed by atoms with E-state index in [1.807, 2.05) is 24.3 Å². The normalized spacial score (nSPS) is 10.3. The molecule has 1 aromatic carbocycles. The second kappa shape index (κ2) is 7.95. The number of rotatable bonds is 5. The third-order valence-corrected chi connectivity index (χ3v) is 3.76. The lowest BCUT2D eigenvalue weighted by Crippen LogP contribution is -2.40. The summed E-state index contributed by atoms with van der Waals surface area (Å²) in [4.78, 5) is 22.7. The Hall–Kier alpha value is -1.87. The van der Waals surface area contributed by atoms with Gasteiger partial charge in [0.05, 0.1) is 5.75 Å². The first kappa shape index (κ1) is 16.5. The lowest BCUT2D eigenvalue weighted by atomic mass is 10.2. The number of thioether (sulfide) groups is 1. The van der Waals surface area contributed by atoms with Crippen LogP contribution >= 0.6 is 27.7 Å². The maximum Gasteiger partial charge on any atom is 0.321 e. The summed E-state index contributed by atoms with van der Waals surface area (Å²) >= 11 is 4.41. The van der Waals surface area contributed by atoms with E-state index >= 15 is 0 Å². The fourth-order valence-corrected chi connectivity index (χ4v) is 2.30. The molecular weight excluding hydrogens is 372 g/mol. The zero-order valence-electron chi connectivity index (χ0n) is 11.6. The molecule has 0 unspecified atom stereocenters. The summed E-state index contributed by atoms with van der Waals surface area (Å²) in [6.45, 7) is 2.22. The van der Waals surface area contributed by atoms with Gasteiger partial charge in [-0.3, -0.25) is 10.1 Å². The molecule has 116 valence electrons. The molecule has 2 rings (SSSR count). The van der Waals surface area contributed by atoms with Crippen LogP contribution in [0.5, 0.6) is 0 Å². The summed E-state index contributed by atoms with van der Waals surface area (Å²) in [5, 5.41) is 12.7. The number of hydrogen-bond donors (Lipinski definition) is 2. The molecule has 0 saturated heterocycles. The molecule has 0 aliphatic heterocycles. The molecule has 0 bridgehead atoms. The van der Waals surface area contributed by atoms with Crippen LogP contribution in [0.25, 0.3) is 11.5 Å². The quantitative estimate of drug-likeness (QED) is 0.768. The molecule has 22 heavy (non-hydrogen) atoms. The molecule has 0 aliphatic rings. The highest BCUT2D eigenvalue weighted by atomic mass is 79.9. The van der Waals surface area contributed by atoms with Crippen molar-refractivity contribution in [1.29, 1.82) is 0 Å². The van der Waals surface area contributed by atoms with Gasteiger partial charge >= 0.3 is 6.03 Å². The highest BCUT2D eigenvalue weighted by Gasteiger charge is 2.12. The molecule has 7 nitrogen and oxygen atoms in total. The first-order valence-corrected chi connectivity index (χ1v) is 8.16. The second-order valence-corrected chi connectivity index (χ2v) is 5.92. The van der Waals surface area contributed by atoms with Crippen LogP contribution < -0.4 is 10.6 Å². The number of urea groups is 1. The molecule has 0 fully saturated rings. The van der Waals surface area contributed by atoms with Crippen LogP contribution in [-0.2, 0) is 4.79 Å². The Balaban J connectivity index is 1.88. The molecule has 1 aromatic heterocycles. The van der Waals surface area contributed by atoms with E-state index in [1.165, 1.54) is 0 Å². The van der Waals surface area contributed by atoms with Crippen molar-refractivity contribution < 1.29 is 14.0 Å². The highest BCUT2D eigenvalue weighted by Crippen LogP contribution is 2.24. The molecule has 0 spiro atoms. The average molecular weight is 385 g/mol. The van der Waals surface area contributed by atoms with Crippen molar-refractivity contribution >= 4 is 39.6 Å². The van der Waals surface area contributed by atoms with Gasteiger partial charge in [-0.15, -0.1) is 10.2 Å². The smallest absolute Gasteiger partial charge is 0.321 e. The predicted octanol–water partition coefficient (Wildman–Crippen LogP) is 2.44. The Bertz CT molecular complexity index is 660. The summed E-state index contributed by atoms with van der Waals surface area (Å²) < 4.78 is 6.41. The van der Waals surface area contributed by atoms with E-state index in [2.05, 4.69) is 36.8 Å². The largest absolute Gasteiger partial charge is 0.411 e. The first-order valence-electron chi connectivity index (χ1n) is 6.38. The third-order valence-electron chi connectivity index (χ3n) is 2.41. The van der Waals surface area contributed by atoms with Crippen molar-refractivity contribution in [3.63, 3.8) is 0 Å². The van der Waals surface area contributed by atoms with Gasteiger partial charge in [0.15, 0.2) is 0 Å². The van der Waals surface area contributed by atoms with E-state index < -0.39 is 11.9 Å². The molecule has 0 atom stereocenters. The van der Waals surface area contributed by atoms with Crippen molar-refractivity contribution in [2.24, 2.45) is 0 Å². The lowest BCUT2D eigenvalue weighted by Gasteiger charge is -2.02. The number of benzene rings is 1. The van der Waals surface area contributed by atoms with Crippen molar-refractivity contribution in [3.05, 3.63) is 28.7 Å². The van der Waals surface area contributed by atoms with E-state index in [4.69, 9.17) is 4.42 Å². The van der Waals surface area contributed by atoms with Gasteiger partial charge in [0.25, 0.3) is 5.22 Å². The highest BCUT2D eigenvalue weighted by molar-refractivity contribution is 9.10. The Kier molecular flexibility index (Phi) is 5.96. The van der Waals surface area contributed by atoms with Gasteiger partial charge in [-0.25, -0.2) is 4.79 Å². The van der Waals surface area contributed by atoms with Gasteiger partial charge in [-0.2, -0.15) is 0 Å². The van der Waals surface area contributed by atoms with Crippen molar-refractivity contribution in [1.82, 2.24) is 20.8 Å². The number of hydrogen-bond acceptors (Lipinski definition) is 6. The number of nitrogens with zero attached hydrogens (tertiary/aromatic N) is 2. The minimum Gasteiger partial charge on any atom is -0.411 e. The standard InChI is InChI=1S/C13H13BrN4O3S/c1-2-15-12(20)16-10(19)7-22-13-18-17-11(21-13)8-3-5-9(14)6-4-8/h3-6H,2,7H2,1H3,(H2,15,16,19,20). The van der Waals surface area contributed by atoms with Gasteiger partial charge in [-0.1, -0.05) is 27.7 Å². The van der Waals surface area contributed by atoms with Gasteiger partial charge in [0, 0.05) is 16.6 Å². The molecule has 2 aromatic rings. The molecule has 0 aliphatic carbocycles. The van der Waals surface area contributed by atoms with Crippen molar-refractivity contribution in [2.75, 3.05) is 12.3 Å². The van der Waals surface area contributed by atoms with Gasteiger partial charge < -0.3 is 9.73 Å². The van der Waals surface area contributed by atoms with E-state index in [1.54, 1.807) is 6.92 Å². The average Bonchev–Trinajstić information content (AvgIpc) is 2.95. The monoisotopic (exact) mass is 384 g/mol. The summed E-state index contributed by atoms with van der Waals surface area (Å²) in [5.74, 6) is -0.0440. The van der Waals surface area contributed by atoms with Crippen molar-refractivity contribution in [3.8, 4) is 11.5 Å². The van der Waals surface area contributed by atoms with E-state index in [9.17, 15) is 9.59 Å². The van der Waals surface area contributed by atoms with E-state index in [0.717, 1.165) is 21.8 Å². The Morgan fingerprint density at radius 1 is 1.27 bits per heavy atom. The Labute approximate surface area is 139 Å². The third kappa shape index (κ3) is 4.85. The molecule has 1 heterocycles. The summed E-state index contributed by atoms with van der Waals surface area (Å²) in [6, 6.07) is 6.90. The SMILES string of the molecule is CCNC(=O)NC(=O)CSc1nnc(-c2ccc(Br)cc2)o1. The van der Waals surface area contributed by atoms with Crippen molar-refractivity contribution in [2.45, 2.75) is 12.1 Å². The minimum atomic E-state index is -0.519. The predicted molar refractivity (Wildman–Crippen MR) is 85.4 cm³/mol. The molecule has 9 heteroatoms. The van der Waals surface area contributed by atoms with Gasteiger partial charge in [-0.05, 0) is 31.2 Å². The van der Waals surface area contributed by atoms with E-state index in [-0.39, 0.29) is 11.0 Å². The van der Waals surface area contributed by atoms with Crippen LogP contribution in [0.2, 0.25) is 0 Å². The number of carbonyl (C=O) groups excluding carboxylic acids is 2. The number of carbonyl (C=O) groups is 2. The van der Waals surface area contributed by atoms with Crippen LogP contribution in [0.1, 0.15) is 6.92 Å². The Morgan fingerprint density at radius 2 is 2.00 bits per heavy atom.